The third kappa shape index (κ3) is 3.95. The van der Waals surface area contributed by atoms with Crippen LogP contribution in [0.25, 0.3) is 5.57 Å². The van der Waals surface area contributed by atoms with Gasteiger partial charge in [0.2, 0.25) is 0 Å². The highest BCUT2D eigenvalue weighted by Gasteiger charge is 2.60. The molecule has 34 heavy (non-hydrogen) atoms. The van der Waals surface area contributed by atoms with Gasteiger partial charge >= 0.3 is 6.01 Å². The quantitative estimate of drug-likeness (QED) is 0.538. The maximum atomic E-state index is 15.6. The first kappa shape index (κ1) is 22.5. The van der Waals surface area contributed by atoms with Crippen LogP contribution in [-0.2, 0) is 4.74 Å². The maximum Gasteiger partial charge on any atom is 0.324 e. The Labute approximate surface area is 197 Å². The number of aldehydes is 1. The average Bonchev–Trinajstić information content (AvgIpc) is 3.24. The Morgan fingerprint density at radius 1 is 1.12 bits per heavy atom. The lowest BCUT2D eigenvalue weighted by Gasteiger charge is -2.49. The number of alkyl halides is 2. The number of ether oxygens (including phenoxy) is 1. The highest BCUT2D eigenvalue weighted by atomic mass is 19.3. The number of nitrogens with zero attached hydrogens (tertiary/aromatic N) is 3. The van der Waals surface area contributed by atoms with Crippen LogP contribution in [0.5, 0.6) is 0 Å². The minimum atomic E-state index is -3.02. The summed E-state index contributed by atoms with van der Waals surface area (Å²) in [5.74, 6) is -1.74. The van der Waals surface area contributed by atoms with Crippen LogP contribution in [0.3, 0.4) is 0 Å². The van der Waals surface area contributed by atoms with E-state index in [-0.39, 0.29) is 25.2 Å². The van der Waals surface area contributed by atoms with Crippen LogP contribution in [0.2, 0.25) is 0 Å². The van der Waals surface area contributed by atoms with E-state index < -0.39 is 11.5 Å². The molecule has 2 fully saturated rings. The Balaban J connectivity index is 1.34. The van der Waals surface area contributed by atoms with Crippen LogP contribution in [0, 0.1) is 0 Å². The van der Waals surface area contributed by atoms with Crippen LogP contribution in [0.4, 0.5) is 14.8 Å². The smallest absolute Gasteiger partial charge is 0.324 e. The molecule has 0 N–H and O–H groups in total. The molecule has 8 heteroatoms. The third-order valence-corrected chi connectivity index (χ3v) is 6.84. The molecule has 5 rings (SSSR count). The Morgan fingerprint density at radius 3 is 2.50 bits per heavy atom. The first-order valence-corrected chi connectivity index (χ1v) is 11.6. The molecule has 2 saturated heterocycles. The van der Waals surface area contributed by atoms with E-state index >= 15 is 8.78 Å². The summed E-state index contributed by atoms with van der Waals surface area (Å²) in [6.45, 7) is 4.66. The van der Waals surface area contributed by atoms with Gasteiger partial charge in [0, 0.05) is 49.4 Å². The fraction of sp³-hybridized carbons (Fsp3) is 0.423. The van der Waals surface area contributed by atoms with Crippen LogP contribution in [-0.4, -0.2) is 41.0 Å². The number of aromatic nitrogens is 2. The Kier molecular flexibility index (Phi) is 5.62. The normalized spacial score (nSPS) is 21.2. The lowest BCUT2D eigenvalue weighted by Crippen LogP contribution is -2.59. The van der Waals surface area contributed by atoms with Crippen molar-refractivity contribution < 1.29 is 22.8 Å². The lowest BCUT2D eigenvalue weighted by molar-refractivity contribution is -0.212. The van der Waals surface area contributed by atoms with Crippen molar-refractivity contribution in [2.75, 3.05) is 18.0 Å². The summed E-state index contributed by atoms with van der Waals surface area (Å²) in [5.41, 5.74) is 1.25. The molecule has 178 valence electrons. The predicted molar refractivity (Wildman–Crippen MR) is 124 cm³/mol. The van der Waals surface area contributed by atoms with E-state index in [4.69, 9.17) is 9.26 Å². The molecule has 0 atom stereocenters. The minimum absolute atomic E-state index is 0.133. The molecule has 2 aromatic rings. The molecular weight excluding hydrogens is 440 g/mol. The Hall–Kier alpha value is -3.29. The molecule has 0 bridgehead atoms. The minimum Gasteiger partial charge on any atom is -0.481 e. The fourth-order valence-electron chi connectivity index (χ4n) is 4.74. The van der Waals surface area contributed by atoms with Gasteiger partial charge in [0.1, 0.15) is 12.0 Å². The molecule has 1 aliphatic carbocycles. The molecule has 0 amide bonds. The SMILES string of the molecule is CC(C)c1noc(N2CCC3(CC2)OC2=CCC=C(c4ccc(C=O)cc4)C=C2CC3(F)F)n1. The molecule has 1 spiro atoms. The number of anilines is 1. The standard InChI is InChI=1S/C26H27F2N3O3/c1-17(2)23-29-24(34-30-23)31-12-10-25(11-13-31)26(27,28)15-21-14-20(4-3-5-22(21)33-25)19-8-6-18(16-32)7-9-19/h4-9,14,16-17H,3,10-13,15H2,1-2H3. The zero-order valence-corrected chi connectivity index (χ0v) is 19.3. The molecule has 0 radical (unpaired) electrons. The second-order valence-electron chi connectivity index (χ2n) is 9.43. The van der Waals surface area contributed by atoms with Gasteiger partial charge in [-0.25, -0.2) is 8.78 Å². The number of fused-ring (bicyclic) bond motifs is 1. The number of benzene rings is 1. The largest absolute Gasteiger partial charge is 0.481 e. The number of halogens is 2. The first-order chi connectivity index (χ1) is 16.3. The Bertz CT molecular complexity index is 1170. The monoisotopic (exact) mass is 467 g/mol. The zero-order chi connectivity index (χ0) is 23.9. The van der Waals surface area contributed by atoms with Gasteiger partial charge in [0.25, 0.3) is 5.92 Å². The van der Waals surface area contributed by atoms with Crippen molar-refractivity contribution in [3.8, 4) is 0 Å². The number of piperidine rings is 1. The molecule has 1 aromatic heterocycles. The highest BCUT2D eigenvalue weighted by Crippen LogP contribution is 2.52. The summed E-state index contributed by atoms with van der Waals surface area (Å²) in [6, 6.07) is 7.49. The number of hydrogen-bond donors (Lipinski definition) is 0. The van der Waals surface area contributed by atoms with Gasteiger partial charge in [0.15, 0.2) is 11.4 Å². The van der Waals surface area contributed by atoms with Crippen molar-refractivity contribution in [3.05, 3.63) is 70.8 Å². The van der Waals surface area contributed by atoms with E-state index in [1.165, 1.54) is 0 Å². The first-order valence-electron chi connectivity index (χ1n) is 11.6. The topological polar surface area (TPSA) is 68.5 Å². The van der Waals surface area contributed by atoms with Gasteiger partial charge in [-0.15, -0.1) is 0 Å². The van der Waals surface area contributed by atoms with Crippen LogP contribution in [0.1, 0.15) is 67.2 Å². The van der Waals surface area contributed by atoms with Crippen molar-refractivity contribution in [1.29, 1.82) is 0 Å². The van der Waals surface area contributed by atoms with Gasteiger partial charge in [-0.3, -0.25) is 4.79 Å². The van der Waals surface area contributed by atoms with Crippen LogP contribution < -0.4 is 4.90 Å². The van der Waals surface area contributed by atoms with E-state index in [1.54, 1.807) is 18.2 Å². The molecule has 3 heterocycles. The lowest BCUT2D eigenvalue weighted by atomic mass is 9.79. The molecular formula is C26H27F2N3O3. The van der Waals surface area contributed by atoms with Gasteiger partial charge in [-0.05, 0) is 29.7 Å². The molecule has 1 aromatic carbocycles. The second kappa shape index (κ2) is 8.49. The third-order valence-electron chi connectivity index (χ3n) is 6.84. The summed E-state index contributed by atoms with van der Waals surface area (Å²) < 4.78 is 42.7. The molecule has 6 nitrogen and oxygen atoms in total. The molecule has 2 aliphatic heterocycles. The van der Waals surface area contributed by atoms with Crippen molar-refractivity contribution in [2.45, 2.75) is 57.0 Å². The second-order valence-corrected chi connectivity index (χ2v) is 9.43. The van der Waals surface area contributed by atoms with Gasteiger partial charge in [0.05, 0.1) is 0 Å². The van der Waals surface area contributed by atoms with Crippen molar-refractivity contribution in [2.24, 2.45) is 0 Å². The van der Waals surface area contributed by atoms with Crippen LogP contribution in [0.15, 0.2) is 58.3 Å². The van der Waals surface area contributed by atoms with E-state index in [1.807, 2.05) is 43.0 Å². The van der Waals surface area contributed by atoms with E-state index in [0.29, 0.717) is 48.2 Å². The number of rotatable bonds is 4. The van der Waals surface area contributed by atoms with Crippen LogP contribution >= 0.6 is 0 Å². The summed E-state index contributed by atoms with van der Waals surface area (Å²) in [7, 11) is 0. The summed E-state index contributed by atoms with van der Waals surface area (Å²) in [4.78, 5) is 17.2. The number of carbonyl (C=O) groups excluding carboxylic acids is 1. The van der Waals surface area contributed by atoms with Gasteiger partial charge < -0.3 is 14.2 Å². The fourth-order valence-corrected chi connectivity index (χ4v) is 4.74. The van der Waals surface area contributed by atoms with Gasteiger partial charge in [-0.2, -0.15) is 4.98 Å². The predicted octanol–water partition coefficient (Wildman–Crippen LogP) is 5.70. The van der Waals surface area contributed by atoms with Gasteiger partial charge in [-0.1, -0.05) is 49.3 Å². The van der Waals surface area contributed by atoms with E-state index in [0.717, 1.165) is 17.4 Å². The van der Waals surface area contributed by atoms with Crippen molar-refractivity contribution in [3.63, 3.8) is 0 Å². The highest BCUT2D eigenvalue weighted by molar-refractivity contribution is 5.80. The summed E-state index contributed by atoms with van der Waals surface area (Å²) in [5, 5.41) is 3.98. The molecule has 3 aliphatic rings. The number of allylic oxidation sites excluding steroid dienone is 5. The number of carbonyl (C=O) groups is 1. The molecule has 0 saturated carbocycles. The number of hydrogen-bond acceptors (Lipinski definition) is 6. The van der Waals surface area contributed by atoms with Crippen molar-refractivity contribution >= 4 is 17.9 Å². The summed E-state index contributed by atoms with van der Waals surface area (Å²) in [6.07, 6.45) is 6.98. The average molecular weight is 468 g/mol. The zero-order valence-electron chi connectivity index (χ0n) is 19.3. The molecule has 0 unspecified atom stereocenters. The van der Waals surface area contributed by atoms with Crippen molar-refractivity contribution in [1.82, 2.24) is 10.1 Å². The maximum absolute atomic E-state index is 15.6. The Morgan fingerprint density at radius 2 is 1.85 bits per heavy atom. The summed E-state index contributed by atoms with van der Waals surface area (Å²) >= 11 is 0. The van der Waals surface area contributed by atoms with E-state index in [2.05, 4.69) is 10.1 Å². The van der Waals surface area contributed by atoms with E-state index in [9.17, 15) is 4.79 Å².